The average molecular weight is 417 g/mol. The molecule has 0 fully saturated rings. The third kappa shape index (κ3) is 2.94. The molecule has 0 N–H and O–H groups in total. The molecule has 0 amide bonds. The summed E-state index contributed by atoms with van der Waals surface area (Å²) < 4.78 is 5.54. The molecule has 0 heterocycles. The summed E-state index contributed by atoms with van der Waals surface area (Å²) in [7, 11) is 0. The fourth-order valence-electron chi connectivity index (χ4n) is 5.40. The molecule has 4 rings (SSSR count). The van der Waals surface area contributed by atoms with Crippen LogP contribution in [-0.2, 0) is 9.53 Å². The first kappa shape index (κ1) is 21.9. The summed E-state index contributed by atoms with van der Waals surface area (Å²) in [4.78, 5) is 13.2. The predicted molar refractivity (Wildman–Crippen MR) is 128 cm³/mol. The molecule has 0 aromatic rings. The van der Waals surface area contributed by atoms with Crippen molar-refractivity contribution in [2.45, 2.75) is 62.3 Å². The van der Waals surface area contributed by atoms with Gasteiger partial charge >= 0.3 is 5.97 Å². The van der Waals surface area contributed by atoms with Crippen LogP contribution in [0.4, 0.5) is 0 Å². The van der Waals surface area contributed by atoms with Gasteiger partial charge in [-0.1, -0.05) is 91.8 Å². The first-order chi connectivity index (χ1) is 14.2. The highest BCUT2D eigenvalue weighted by molar-refractivity contribution is 5.96. The van der Waals surface area contributed by atoms with Gasteiger partial charge in [-0.05, 0) is 57.3 Å². The summed E-state index contributed by atoms with van der Waals surface area (Å²) in [6.45, 7) is 20.3. The predicted octanol–water partition coefficient (Wildman–Crippen LogP) is 7.19. The van der Waals surface area contributed by atoms with E-state index in [1.54, 1.807) is 0 Å². The maximum atomic E-state index is 13.2. The first-order valence-corrected chi connectivity index (χ1v) is 11.5. The summed E-state index contributed by atoms with van der Waals surface area (Å²) in [5.74, 6) is -0.226. The normalized spacial score (nSPS) is 29.4. The number of rotatable bonds is 2. The van der Waals surface area contributed by atoms with Gasteiger partial charge in [-0.15, -0.1) is 0 Å². The molecule has 0 spiro atoms. The van der Waals surface area contributed by atoms with Crippen molar-refractivity contribution in [3.8, 4) is 0 Å². The van der Waals surface area contributed by atoms with Gasteiger partial charge in [0.2, 0.25) is 0 Å². The fourth-order valence-corrected chi connectivity index (χ4v) is 5.40. The zero-order valence-corrected chi connectivity index (χ0v) is 20.6. The van der Waals surface area contributed by atoms with Crippen LogP contribution in [0.15, 0.2) is 81.5 Å². The van der Waals surface area contributed by atoms with E-state index in [1.165, 1.54) is 27.9 Å². The van der Waals surface area contributed by atoms with E-state index in [2.05, 4.69) is 97.9 Å². The summed E-state index contributed by atoms with van der Waals surface area (Å²) in [6.07, 6.45) is 15.9. The van der Waals surface area contributed by atoms with Crippen LogP contribution in [0.5, 0.6) is 0 Å². The molecule has 2 nitrogen and oxygen atoms in total. The molecule has 0 saturated carbocycles. The van der Waals surface area contributed by atoms with Gasteiger partial charge < -0.3 is 4.74 Å². The van der Waals surface area contributed by atoms with E-state index in [-0.39, 0.29) is 27.6 Å². The van der Waals surface area contributed by atoms with Gasteiger partial charge in [0.05, 0.1) is 12.2 Å². The smallest absolute Gasteiger partial charge is 0.338 e. The molecule has 0 aliphatic heterocycles. The topological polar surface area (TPSA) is 26.3 Å². The van der Waals surface area contributed by atoms with Crippen molar-refractivity contribution in [3.05, 3.63) is 81.5 Å². The SMILES string of the molecule is CCOC(=O)C1=C2C=C(C(C)(C)C)C=C3C=CC4=CC(C(C)(C)C)=CC(=C1)[C@@]4(C)[C@@]32C. The van der Waals surface area contributed by atoms with Crippen LogP contribution in [0.25, 0.3) is 0 Å². The molecule has 0 radical (unpaired) electrons. The Morgan fingerprint density at radius 1 is 0.774 bits per heavy atom. The van der Waals surface area contributed by atoms with Crippen molar-refractivity contribution < 1.29 is 9.53 Å². The highest BCUT2D eigenvalue weighted by Gasteiger charge is 2.58. The fraction of sp³-hybridized carbons (Fsp3) is 0.483. The van der Waals surface area contributed by atoms with E-state index in [4.69, 9.17) is 4.74 Å². The molecular weight excluding hydrogens is 380 g/mol. The highest BCUT2D eigenvalue weighted by Crippen LogP contribution is 2.67. The largest absolute Gasteiger partial charge is 0.462 e. The van der Waals surface area contributed by atoms with Crippen molar-refractivity contribution in [2.24, 2.45) is 21.7 Å². The van der Waals surface area contributed by atoms with E-state index < -0.39 is 0 Å². The average Bonchev–Trinajstić information content (AvgIpc) is 2.64. The van der Waals surface area contributed by atoms with Crippen LogP contribution in [0.3, 0.4) is 0 Å². The molecule has 0 unspecified atom stereocenters. The molecule has 0 aromatic carbocycles. The van der Waals surface area contributed by atoms with Crippen molar-refractivity contribution in [2.75, 3.05) is 6.61 Å². The minimum Gasteiger partial charge on any atom is -0.462 e. The summed E-state index contributed by atoms with van der Waals surface area (Å²) in [6, 6.07) is 0. The van der Waals surface area contributed by atoms with Crippen molar-refractivity contribution >= 4 is 5.97 Å². The van der Waals surface area contributed by atoms with Crippen LogP contribution < -0.4 is 0 Å². The summed E-state index contributed by atoms with van der Waals surface area (Å²) in [5.41, 5.74) is 7.58. The molecule has 0 bridgehead atoms. The number of hydrogen-bond acceptors (Lipinski definition) is 2. The number of hydrogen-bond donors (Lipinski definition) is 0. The lowest BCUT2D eigenvalue weighted by Gasteiger charge is -2.57. The minimum absolute atomic E-state index is 0.0121. The van der Waals surface area contributed by atoms with Gasteiger partial charge in [0.25, 0.3) is 0 Å². The van der Waals surface area contributed by atoms with E-state index in [0.717, 1.165) is 5.57 Å². The van der Waals surface area contributed by atoms with Crippen LogP contribution in [0.2, 0.25) is 0 Å². The molecular formula is C29H36O2. The van der Waals surface area contributed by atoms with E-state index in [0.29, 0.717) is 12.2 Å². The second-order valence-corrected chi connectivity index (χ2v) is 11.6. The third-order valence-electron chi connectivity index (χ3n) is 7.76. The van der Waals surface area contributed by atoms with Gasteiger partial charge in [-0.2, -0.15) is 0 Å². The highest BCUT2D eigenvalue weighted by atomic mass is 16.5. The number of allylic oxidation sites excluding steroid dienone is 12. The van der Waals surface area contributed by atoms with Gasteiger partial charge in [0, 0.05) is 10.8 Å². The Kier molecular flexibility index (Phi) is 4.64. The molecule has 2 heteroatoms. The monoisotopic (exact) mass is 416 g/mol. The van der Waals surface area contributed by atoms with Gasteiger partial charge in [0.1, 0.15) is 0 Å². The zero-order valence-electron chi connectivity index (χ0n) is 20.6. The first-order valence-electron chi connectivity index (χ1n) is 11.5. The van der Waals surface area contributed by atoms with Gasteiger partial charge in [-0.25, -0.2) is 4.79 Å². The maximum Gasteiger partial charge on any atom is 0.338 e. The Bertz CT molecular complexity index is 1080. The van der Waals surface area contributed by atoms with Crippen LogP contribution >= 0.6 is 0 Å². The molecule has 164 valence electrons. The standard InChI is InChI=1S/C29H36O2/c1-10-31-25(30)23-16-22-15-20(26(2,3)4)13-18-11-12-19-14-21(27(5,6)7)17-24(23)29(19,9)28(18,22)8/h11-17H,10H2,1-9H3/t28-,29-/m0/s1. The molecule has 31 heavy (non-hydrogen) atoms. The minimum atomic E-state index is -0.325. The van der Waals surface area contributed by atoms with Crippen LogP contribution in [0.1, 0.15) is 62.3 Å². The summed E-state index contributed by atoms with van der Waals surface area (Å²) in [5, 5.41) is 0. The summed E-state index contributed by atoms with van der Waals surface area (Å²) >= 11 is 0. The molecule has 0 saturated heterocycles. The van der Waals surface area contributed by atoms with Crippen molar-refractivity contribution in [1.82, 2.24) is 0 Å². The lowest BCUT2D eigenvalue weighted by Crippen LogP contribution is -2.49. The number of ether oxygens (including phenoxy) is 1. The number of esters is 1. The quantitative estimate of drug-likeness (QED) is 0.445. The van der Waals surface area contributed by atoms with Crippen LogP contribution in [-0.4, -0.2) is 12.6 Å². The second kappa shape index (κ2) is 6.58. The lowest BCUT2D eigenvalue weighted by atomic mass is 9.45. The lowest BCUT2D eigenvalue weighted by molar-refractivity contribution is -0.138. The Morgan fingerprint density at radius 3 is 1.81 bits per heavy atom. The second-order valence-electron chi connectivity index (χ2n) is 11.6. The Hall–Kier alpha value is -2.35. The molecule has 2 atom stereocenters. The Balaban J connectivity index is 2.10. The Morgan fingerprint density at radius 2 is 1.29 bits per heavy atom. The van der Waals surface area contributed by atoms with Crippen molar-refractivity contribution in [3.63, 3.8) is 0 Å². The van der Waals surface area contributed by atoms with E-state index in [9.17, 15) is 4.79 Å². The maximum absolute atomic E-state index is 13.2. The Labute approximate surface area is 187 Å². The third-order valence-corrected chi connectivity index (χ3v) is 7.76. The molecule has 4 aliphatic carbocycles. The number of carbonyl (C=O) groups is 1. The number of carbonyl (C=O) groups excluding carboxylic acids is 1. The van der Waals surface area contributed by atoms with E-state index >= 15 is 0 Å². The van der Waals surface area contributed by atoms with E-state index in [1.807, 2.05) is 6.92 Å². The van der Waals surface area contributed by atoms with Gasteiger partial charge in [0.15, 0.2) is 0 Å². The zero-order chi connectivity index (χ0) is 23.0. The molecule has 4 aliphatic rings. The van der Waals surface area contributed by atoms with Crippen LogP contribution in [0, 0.1) is 21.7 Å². The van der Waals surface area contributed by atoms with Crippen molar-refractivity contribution in [1.29, 1.82) is 0 Å². The molecule has 0 aromatic heterocycles. The van der Waals surface area contributed by atoms with Gasteiger partial charge in [-0.3, -0.25) is 0 Å².